The van der Waals surface area contributed by atoms with Crippen LogP contribution < -0.4 is 20.1 Å². The fraction of sp³-hybridized carbons (Fsp3) is 0.519. The molecule has 204 valence electrons. The molecule has 9 nitrogen and oxygen atoms in total. The lowest BCUT2D eigenvalue weighted by molar-refractivity contribution is 0.0953. The fourth-order valence-electron chi connectivity index (χ4n) is 4.46. The highest BCUT2D eigenvalue weighted by Crippen LogP contribution is 2.33. The minimum Gasteiger partial charge on any atom is -0.506 e. The number of hydrogen-bond donors (Lipinski definition) is 5. The summed E-state index contributed by atoms with van der Waals surface area (Å²) >= 11 is 0. The zero-order valence-corrected chi connectivity index (χ0v) is 22.4. The Balaban J connectivity index is 1.38. The van der Waals surface area contributed by atoms with Crippen molar-refractivity contribution in [3.05, 3.63) is 53.6 Å². The van der Waals surface area contributed by atoms with Crippen molar-refractivity contribution in [1.29, 1.82) is 0 Å². The summed E-state index contributed by atoms with van der Waals surface area (Å²) in [5, 5.41) is 26.5. The number of aliphatic hydroxyl groups is 1. The van der Waals surface area contributed by atoms with Gasteiger partial charge in [-0.3, -0.25) is 9.52 Å². The second-order valence-corrected chi connectivity index (χ2v) is 11.5. The number of hydrogen-bond acceptors (Lipinski definition) is 7. The SMILES string of the molecule is CCCCNC(=O)c1ccc(C2CCC(NC[C@H](O)COc3ccc(O)c(NS(C)(=O)=O)c3)CC2)cc1. The van der Waals surface area contributed by atoms with E-state index in [1.165, 1.54) is 23.8 Å². The van der Waals surface area contributed by atoms with E-state index in [2.05, 4.69) is 34.4 Å². The molecule has 10 heteroatoms. The average Bonchev–Trinajstić information content (AvgIpc) is 2.87. The zero-order valence-electron chi connectivity index (χ0n) is 21.6. The van der Waals surface area contributed by atoms with Gasteiger partial charge in [0, 0.05) is 30.8 Å². The third kappa shape index (κ3) is 9.53. The summed E-state index contributed by atoms with van der Waals surface area (Å²) in [4.78, 5) is 12.2. The molecule has 0 radical (unpaired) electrons. The molecule has 1 atom stereocenters. The number of anilines is 1. The van der Waals surface area contributed by atoms with E-state index in [4.69, 9.17) is 4.74 Å². The first-order valence-corrected chi connectivity index (χ1v) is 14.8. The molecule has 37 heavy (non-hydrogen) atoms. The molecule has 1 saturated carbocycles. The maximum Gasteiger partial charge on any atom is 0.251 e. The molecule has 2 aromatic carbocycles. The van der Waals surface area contributed by atoms with Crippen LogP contribution in [0.3, 0.4) is 0 Å². The molecule has 0 heterocycles. The van der Waals surface area contributed by atoms with Crippen molar-refractivity contribution in [2.75, 3.05) is 30.7 Å². The van der Waals surface area contributed by atoms with Gasteiger partial charge in [-0.05, 0) is 67.9 Å². The second-order valence-electron chi connectivity index (χ2n) is 9.71. The van der Waals surface area contributed by atoms with E-state index in [1.54, 1.807) is 0 Å². The van der Waals surface area contributed by atoms with Crippen molar-refractivity contribution >= 4 is 21.6 Å². The van der Waals surface area contributed by atoms with Gasteiger partial charge in [-0.1, -0.05) is 25.5 Å². The number of phenols is 1. The maximum absolute atomic E-state index is 12.2. The third-order valence-corrected chi connectivity index (χ3v) is 7.13. The number of nitrogens with one attached hydrogen (secondary N) is 3. The number of benzene rings is 2. The first-order valence-electron chi connectivity index (χ1n) is 12.9. The van der Waals surface area contributed by atoms with Crippen LogP contribution in [0.5, 0.6) is 11.5 Å². The number of rotatable bonds is 13. The van der Waals surface area contributed by atoms with Crippen molar-refractivity contribution in [2.24, 2.45) is 0 Å². The molecular weight excluding hydrogens is 494 g/mol. The molecule has 0 spiro atoms. The van der Waals surface area contributed by atoms with E-state index in [0.717, 1.165) is 44.8 Å². The summed E-state index contributed by atoms with van der Waals surface area (Å²) in [5.41, 5.74) is 1.98. The van der Waals surface area contributed by atoms with E-state index >= 15 is 0 Å². The Bertz CT molecular complexity index is 1120. The Morgan fingerprint density at radius 3 is 2.46 bits per heavy atom. The van der Waals surface area contributed by atoms with Crippen LogP contribution >= 0.6 is 0 Å². The van der Waals surface area contributed by atoms with Crippen LogP contribution in [0.15, 0.2) is 42.5 Å². The van der Waals surface area contributed by atoms with Crippen molar-refractivity contribution < 1.29 is 28.2 Å². The van der Waals surface area contributed by atoms with Crippen LogP contribution in [0.4, 0.5) is 5.69 Å². The van der Waals surface area contributed by atoms with Crippen LogP contribution in [0.1, 0.15) is 67.3 Å². The van der Waals surface area contributed by atoms with Crippen LogP contribution in [0.2, 0.25) is 0 Å². The number of carbonyl (C=O) groups excluding carboxylic acids is 1. The first-order chi connectivity index (χ1) is 17.6. The summed E-state index contributed by atoms with van der Waals surface area (Å²) < 4.78 is 30.6. The minimum absolute atomic E-state index is 0.0214. The van der Waals surface area contributed by atoms with Gasteiger partial charge in [0.1, 0.15) is 24.2 Å². The highest BCUT2D eigenvalue weighted by Gasteiger charge is 2.23. The number of aliphatic hydroxyl groups excluding tert-OH is 1. The molecule has 1 amide bonds. The zero-order chi connectivity index (χ0) is 26.8. The largest absolute Gasteiger partial charge is 0.506 e. The maximum atomic E-state index is 12.2. The van der Waals surface area contributed by atoms with Gasteiger partial charge in [0.2, 0.25) is 10.0 Å². The summed E-state index contributed by atoms with van der Waals surface area (Å²) in [5.74, 6) is 0.576. The van der Waals surface area contributed by atoms with Gasteiger partial charge in [0.15, 0.2) is 0 Å². The lowest BCUT2D eigenvalue weighted by Gasteiger charge is -2.30. The van der Waals surface area contributed by atoms with Gasteiger partial charge in [-0.15, -0.1) is 0 Å². The van der Waals surface area contributed by atoms with Crippen LogP contribution in [0.25, 0.3) is 0 Å². The smallest absolute Gasteiger partial charge is 0.251 e. The Hall–Kier alpha value is -2.82. The van der Waals surface area contributed by atoms with E-state index < -0.39 is 16.1 Å². The number of aromatic hydroxyl groups is 1. The summed E-state index contributed by atoms with van der Waals surface area (Å²) in [7, 11) is -3.54. The molecule has 0 unspecified atom stereocenters. The molecule has 0 aromatic heterocycles. The first kappa shape index (κ1) is 28.7. The average molecular weight is 534 g/mol. The quantitative estimate of drug-likeness (QED) is 0.197. The summed E-state index contributed by atoms with van der Waals surface area (Å²) in [6.07, 6.45) is 6.35. The van der Waals surface area contributed by atoms with Gasteiger partial charge >= 0.3 is 0 Å². The molecular formula is C27H39N3O6S. The molecule has 5 N–H and O–H groups in total. The molecule has 0 bridgehead atoms. The molecule has 1 aliphatic carbocycles. The van der Waals surface area contributed by atoms with E-state index in [1.807, 2.05) is 12.1 Å². The minimum atomic E-state index is -3.54. The van der Waals surface area contributed by atoms with Crippen molar-refractivity contribution in [2.45, 2.75) is 63.5 Å². The summed E-state index contributed by atoms with van der Waals surface area (Å²) in [6.45, 7) is 3.21. The number of carbonyl (C=O) groups is 1. The summed E-state index contributed by atoms with van der Waals surface area (Å²) in [6, 6.07) is 12.5. The lowest BCUT2D eigenvalue weighted by Crippen LogP contribution is -2.39. The number of sulfonamides is 1. The van der Waals surface area contributed by atoms with Crippen LogP contribution in [0, 0.1) is 0 Å². The monoisotopic (exact) mass is 533 g/mol. The third-order valence-electron chi connectivity index (χ3n) is 6.54. The molecule has 1 aliphatic rings. The number of ether oxygens (including phenoxy) is 1. The van der Waals surface area contributed by atoms with Gasteiger partial charge < -0.3 is 25.6 Å². The highest BCUT2D eigenvalue weighted by molar-refractivity contribution is 7.92. The molecule has 3 rings (SSSR count). The van der Waals surface area contributed by atoms with Gasteiger partial charge in [-0.2, -0.15) is 0 Å². The van der Waals surface area contributed by atoms with Crippen LogP contribution in [-0.2, 0) is 10.0 Å². The van der Waals surface area contributed by atoms with Crippen molar-refractivity contribution in [3.63, 3.8) is 0 Å². The number of phenolic OH excluding ortho intramolecular Hbond substituents is 1. The normalized spacial score (nSPS) is 18.7. The standard InChI is InChI=1S/C27H39N3O6S/c1-3-4-15-28-27(33)21-7-5-19(6-8-21)20-9-11-22(12-10-20)29-17-23(31)18-36-24-13-14-26(32)25(16-24)30-37(2,34)35/h5-8,13-14,16,20,22-23,29-32H,3-4,9-12,15,17-18H2,1-2H3,(H,28,33)/t20?,22?,23-/m0/s1. The molecule has 1 fully saturated rings. The van der Waals surface area contributed by atoms with Gasteiger partial charge in [-0.25, -0.2) is 8.42 Å². The number of amides is 1. The van der Waals surface area contributed by atoms with E-state index in [-0.39, 0.29) is 24.0 Å². The Morgan fingerprint density at radius 1 is 1.11 bits per heavy atom. The predicted molar refractivity (Wildman–Crippen MR) is 145 cm³/mol. The molecule has 0 aliphatic heterocycles. The van der Waals surface area contributed by atoms with Crippen molar-refractivity contribution in [1.82, 2.24) is 10.6 Å². The fourth-order valence-corrected chi connectivity index (χ4v) is 5.02. The van der Waals surface area contributed by atoms with Gasteiger partial charge in [0.05, 0.1) is 11.9 Å². The topological polar surface area (TPSA) is 137 Å². The lowest BCUT2D eigenvalue weighted by atomic mass is 9.81. The van der Waals surface area contributed by atoms with Crippen molar-refractivity contribution in [3.8, 4) is 11.5 Å². The molecule has 0 saturated heterocycles. The number of unbranched alkanes of at least 4 members (excludes halogenated alkanes) is 1. The van der Waals surface area contributed by atoms with Crippen LogP contribution in [-0.4, -0.2) is 62.6 Å². The van der Waals surface area contributed by atoms with E-state index in [9.17, 15) is 23.4 Å². The Kier molecular flexibility index (Phi) is 10.6. The highest BCUT2D eigenvalue weighted by atomic mass is 32.2. The Morgan fingerprint density at radius 2 is 1.81 bits per heavy atom. The van der Waals surface area contributed by atoms with E-state index in [0.29, 0.717) is 36.4 Å². The Labute approximate surface area is 219 Å². The second kappa shape index (κ2) is 13.6. The van der Waals surface area contributed by atoms with Gasteiger partial charge in [0.25, 0.3) is 5.91 Å². The predicted octanol–water partition coefficient (Wildman–Crippen LogP) is 3.35. The molecule has 2 aromatic rings.